The van der Waals surface area contributed by atoms with E-state index in [1.807, 2.05) is 24.3 Å². The monoisotopic (exact) mass is 427 g/mol. The van der Waals surface area contributed by atoms with Gasteiger partial charge in [0.2, 0.25) is 0 Å². The highest BCUT2D eigenvalue weighted by atomic mass is 16.5. The third kappa shape index (κ3) is 4.37. The lowest BCUT2D eigenvalue weighted by molar-refractivity contribution is 0.102. The summed E-state index contributed by atoms with van der Waals surface area (Å²) in [4.78, 5) is 12.9. The minimum atomic E-state index is -0.459. The zero-order valence-electron chi connectivity index (χ0n) is 17.6. The number of phenolic OH excluding ortho intramolecular Hbond substituents is 1. The Labute approximate surface area is 185 Å². The lowest BCUT2D eigenvalue weighted by Gasteiger charge is -2.11. The summed E-state index contributed by atoms with van der Waals surface area (Å²) in [5, 5.41) is 23.7. The van der Waals surface area contributed by atoms with E-state index in [0.717, 1.165) is 5.39 Å². The Morgan fingerprint density at radius 1 is 0.844 bits per heavy atom. The topological polar surface area (TPSA) is 92.5 Å². The van der Waals surface area contributed by atoms with Crippen LogP contribution in [0.4, 0.5) is 17.1 Å². The Morgan fingerprint density at radius 2 is 1.47 bits per heavy atom. The highest BCUT2D eigenvalue weighted by Gasteiger charge is 2.18. The van der Waals surface area contributed by atoms with Gasteiger partial charge in [0.05, 0.1) is 25.5 Å². The summed E-state index contributed by atoms with van der Waals surface area (Å²) in [6, 6.07) is 23.0. The minimum Gasteiger partial charge on any atom is -0.505 e. The van der Waals surface area contributed by atoms with Crippen molar-refractivity contribution in [1.29, 1.82) is 0 Å². The molecule has 0 fully saturated rings. The van der Waals surface area contributed by atoms with Crippen LogP contribution in [0, 0.1) is 0 Å². The van der Waals surface area contributed by atoms with Crippen LogP contribution in [0.1, 0.15) is 10.4 Å². The fourth-order valence-electron chi connectivity index (χ4n) is 3.22. The highest BCUT2D eigenvalue weighted by molar-refractivity contribution is 6.11. The van der Waals surface area contributed by atoms with Gasteiger partial charge in [-0.3, -0.25) is 4.79 Å². The van der Waals surface area contributed by atoms with E-state index >= 15 is 0 Å². The molecule has 0 bridgehead atoms. The number of hydrogen-bond donors (Lipinski definition) is 2. The molecule has 0 aliphatic rings. The second-order valence-electron chi connectivity index (χ2n) is 6.92. The van der Waals surface area contributed by atoms with Gasteiger partial charge in [0.1, 0.15) is 17.2 Å². The number of phenols is 1. The number of ether oxygens (including phenoxy) is 2. The minimum absolute atomic E-state index is 0.100. The smallest absolute Gasteiger partial charge is 0.259 e. The van der Waals surface area contributed by atoms with Gasteiger partial charge in [0.15, 0.2) is 5.75 Å². The molecule has 7 nitrogen and oxygen atoms in total. The first-order valence-corrected chi connectivity index (χ1v) is 9.85. The van der Waals surface area contributed by atoms with Crippen molar-refractivity contribution in [2.75, 3.05) is 19.5 Å². The van der Waals surface area contributed by atoms with Crippen LogP contribution < -0.4 is 14.8 Å². The summed E-state index contributed by atoms with van der Waals surface area (Å²) in [6.07, 6.45) is 0. The number of fused-ring (bicyclic) bond motifs is 1. The number of benzene rings is 4. The molecule has 4 aromatic rings. The Bertz CT molecular complexity index is 1280. The molecule has 32 heavy (non-hydrogen) atoms. The van der Waals surface area contributed by atoms with E-state index in [2.05, 4.69) is 15.5 Å². The second-order valence-corrected chi connectivity index (χ2v) is 6.92. The zero-order chi connectivity index (χ0) is 22.5. The van der Waals surface area contributed by atoms with E-state index in [4.69, 9.17) is 9.47 Å². The van der Waals surface area contributed by atoms with E-state index in [1.54, 1.807) is 68.8 Å². The molecule has 0 saturated heterocycles. The largest absolute Gasteiger partial charge is 0.505 e. The first-order chi connectivity index (χ1) is 15.6. The SMILES string of the molecule is COc1ccc(N=Nc2c(O)c(C(=O)Nc3ccc(OC)cc3)cc3ccccc23)cc1. The number of carbonyl (C=O) groups is 1. The quantitative estimate of drug-likeness (QED) is 0.357. The van der Waals surface area contributed by atoms with Gasteiger partial charge in [0.25, 0.3) is 5.91 Å². The predicted molar refractivity (Wildman–Crippen MR) is 124 cm³/mol. The summed E-state index contributed by atoms with van der Waals surface area (Å²) < 4.78 is 10.3. The molecule has 1 amide bonds. The lowest BCUT2D eigenvalue weighted by atomic mass is 10.0. The van der Waals surface area contributed by atoms with E-state index in [1.165, 1.54) is 0 Å². The van der Waals surface area contributed by atoms with Crippen LogP contribution in [0.3, 0.4) is 0 Å². The number of aromatic hydroxyl groups is 1. The van der Waals surface area contributed by atoms with E-state index < -0.39 is 5.91 Å². The Kier molecular flexibility index (Phi) is 5.98. The molecular formula is C25H21N3O4. The molecule has 0 saturated carbocycles. The molecule has 0 radical (unpaired) electrons. The number of methoxy groups -OCH3 is 2. The number of nitrogens with zero attached hydrogens (tertiary/aromatic N) is 2. The number of nitrogens with one attached hydrogen (secondary N) is 1. The number of hydrogen-bond acceptors (Lipinski definition) is 6. The number of carbonyl (C=O) groups excluding carboxylic acids is 1. The highest BCUT2D eigenvalue weighted by Crippen LogP contribution is 2.39. The van der Waals surface area contributed by atoms with Crippen molar-refractivity contribution in [2.45, 2.75) is 0 Å². The Balaban J connectivity index is 1.71. The van der Waals surface area contributed by atoms with Gasteiger partial charge in [-0.25, -0.2) is 0 Å². The predicted octanol–water partition coefficient (Wildman–Crippen LogP) is 6.23. The number of anilines is 1. The van der Waals surface area contributed by atoms with Crippen molar-refractivity contribution in [3.05, 3.63) is 84.4 Å². The average molecular weight is 427 g/mol. The standard InChI is InChI=1S/C25H21N3O4/c1-31-19-11-7-17(8-12-19)26-25(30)22-15-16-5-3-4-6-21(16)23(24(22)29)28-27-18-9-13-20(32-2)14-10-18/h3-15,29H,1-2H3,(H,26,30). The summed E-state index contributed by atoms with van der Waals surface area (Å²) >= 11 is 0. The van der Waals surface area contributed by atoms with Gasteiger partial charge >= 0.3 is 0 Å². The van der Waals surface area contributed by atoms with Crippen LogP contribution in [-0.4, -0.2) is 25.2 Å². The molecule has 0 unspecified atom stereocenters. The van der Waals surface area contributed by atoms with Crippen LogP contribution >= 0.6 is 0 Å². The lowest BCUT2D eigenvalue weighted by Crippen LogP contribution is -2.12. The van der Waals surface area contributed by atoms with E-state index in [-0.39, 0.29) is 17.0 Å². The van der Waals surface area contributed by atoms with Crippen molar-refractivity contribution in [1.82, 2.24) is 0 Å². The van der Waals surface area contributed by atoms with Crippen molar-refractivity contribution < 1.29 is 19.4 Å². The number of azo groups is 1. The third-order valence-electron chi connectivity index (χ3n) is 4.93. The molecule has 160 valence electrons. The Morgan fingerprint density at radius 3 is 2.12 bits per heavy atom. The van der Waals surface area contributed by atoms with Gasteiger partial charge in [-0.1, -0.05) is 24.3 Å². The van der Waals surface area contributed by atoms with Gasteiger partial charge in [-0.05, 0) is 60.0 Å². The van der Waals surface area contributed by atoms with Gasteiger partial charge in [0, 0.05) is 11.1 Å². The van der Waals surface area contributed by atoms with Crippen LogP contribution in [0.2, 0.25) is 0 Å². The van der Waals surface area contributed by atoms with Crippen molar-refractivity contribution >= 4 is 33.7 Å². The molecule has 0 aliphatic carbocycles. The number of rotatable bonds is 6. The summed E-state index contributed by atoms with van der Waals surface area (Å²) in [5.74, 6) is 0.679. The molecule has 7 heteroatoms. The van der Waals surface area contributed by atoms with E-state index in [9.17, 15) is 9.90 Å². The van der Waals surface area contributed by atoms with Crippen LogP contribution in [0.5, 0.6) is 17.2 Å². The maximum absolute atomic E-state index is 12.9. The molecule has 0 heterocycles. The van der Waals surface area contributed by atoms with Gasteiger partial charge in [-0.15, -0.1) is 5.11 Å². The molecule has 0 spiro atoms. The van der Waals surface area contributed by atoms with Crippen LogP contribution in [0.15, 0.2) is 89.1 Å². The van der Waals surface area contributed by atoms with E-state index in [0.29, 0.717) is 28.3 Å². The maximum Gasteiger partial charge on any atom is 0.259 e. The first-order valence-electron chi connectivity index (χ1n) is 9.85. The van der Waals surface area contributed by atoms with Gasteiger partial charge < -0.3 is 19.9 Å². The molecule has 4 rings (SSSR count). The molecule has 0 aromatic heterocycles. The summed E-state index contributed by atoms with van der Waals surface area (Å²) in [5.41, 5.74) is 1.48. The second kappa shape index (κ2) is 9.18. The molecular weight excluding hydrogens is 406 g/mol. The molecule has 2 N–H and O–H groups in total. The summed E-state index contributed by atoms with van der Waals surface area (Å²) in [7, 11) is 3.16. The molecule has 0 aliphatic heterocycles. The fourth-order valence-corrected chi connectivity index (χ4v) is 3.22. The van der Waals surface area contributed by atoms with Crippen LogP contribution in [0.25, 0.3) is 10.8 Å². The normalized spacial score (nSPS) is 10.9. The average Bonchev–Trinajstić information content (AvgIpc) is 2.84. The Hall–Kier alpha value is -4.39. The first kappa shape index (κ1) is 20.9. The zero-order valence-corrected chi connectivity index (χ0v) is 17.6. The van der Waals surface area contributed by atoms with Crippen molar-refractivity contribution in [2.24, 2.45) is 10.2 Å². The number of amides is 1. The van der Waals surface area contributed by atoms with Crippen molar-refractivity contribution in [3.8, 4) is 17.2 Å². The van der Waals surface area contributed by atoms with Crippen molar-refractivity contribution in [3.63, 3.8) is 0 Å². The molecule has 0 atom stereocenters. The summed E-state index contributed by atoms with van der Waals surface area (Å²) in [6.45, 7) is 0. The van der Waals surface area contributed by atoms with Crippen LogP contribution in [-0.2, 0) is 0 Å². The molecule has 4 aromatic carbocycles. The fraction of sp³-hybridized carbons (Fsp3) is 0.0800. The third-order valence-corrected chi connectivity index (χ3v) is 4.93. The van der Waals surface area contributed by atoms with Gasteiger partial charge in [-0.2, -0.15) is 5.11 Å². The maximum atomic E-state index is 12.9.